The molecule has 0 unspecified atom stereocenters. The summed E-state index contributed by atoms with van der Waals surface area (Å²) in [4.78, 5) is 16.9. The monoisotopic (exact) mass is 328 g/mol. The van der Waals surface area contributed by atoms with Gasteiger partial charge in [-0.25, -0.2) is 4.79 Å². The largest absolute Gasteiger partial charge is 0.444 e. The molecular weight excluding hydrogens is 309 g/mol. The van der Waals surface area contributed by atoms with Crippen LogP contribution in [0.3, 0.4) is 0 Å². The lowest BCUT2D eigenvalue weighted by Gasteiger charge is -2.30. The van der Waals surface area contributed by atoms with Gasteiger partial charge in [0, 0.05) is 24.8 Å². The first-order valence-corrected chi connectivity index (χ1v) is 7.27. The number of carbonyl (C=O) groups is 1. The van der Waals surface area contributed by atoms with Gasteiger partial charge in [0.15, 0.2) is 5.69 Å². The highest BCUT2D eigenvalue weighted by Gasteiger charge is 2.36. The Hall–Kier alpha value is -2.05. The number of pyridine rings is 1. The van der Waals surface area contributed by atoms with Crippen molar-refractivity contribution in [2.75, 3.05) is 13.1 Å². The van der Waals surface area contributed by atoms with Gasteiger partial charge in [0.2, 0.25) is 0 Å². The summed E-state index contributed by atoms with van der Waals surface area (Å²) in [7, 11) is 0. The molecule has 0 aliphatic carbocycles. The molecule has 0 aromatic carbocycles. The van der Waals surface area contributed by atoms with Crippen LogP contribution in [0.4, 0.5) is 18.0 Å². The number of hydrogen-bond donors (Lipinski definition) is 0. The molecular formula is C16H19F3N2O2. The van der Waals surface area contributed by atoms with Crippen LogP contribution < -0.4 is 0 Å². The van der Waals surface area contributed by atoms with Crippen molar-refractivity contribution in [3.63, 3.8) is 0 Å². The molecule has 2 rings (SSSR count). The molecule has 4 nitrogen and oxygen atoms in total. The van der Waals surface area contributed by atoms with Gasteiger partial charge in [0.25, 0.3) is 0 Å². The van der Waals surface area contributed by atoms with E-state index in [1.807, 2.05) is 0 Å². The van der Waals surface area contributed by atoms with Crippen LogP contribution in [0, 0.1) is 0 Å². The third-order valence-electron chi connectivity index (χ3n) is 3.28. The van der Waals surface area contributed by atoms with E-state index in [0.717, 1.165) is 6.20 Å². The van der Waals surface area contributed by atoms with Crippen LogP contribution >= 0.6 is 0 Å². The van der Waals surface area contributed by atoms with Crippen molar-refractivity contribution in [2.24, 2.45) is 0 Å². The third kappa shape index (κ3) is 4.46. The summed E-state index contributed by atoms with van der Waals surface area (Å²) in [6.45, 7) is 5.83. The van der Waals surface area contributed by atoms with E-state index in [1.165, 1.54) is 17.0 Å². The molecule has 0 N–H and O–H groups in total. The average molecular weight is 328 g/mol. The Morgan fingerprint density at radius 2 is 2.00 bits per heavy atom. The smallest absolute Gasteiger partial charge is 0.433 e. The van der Waals surface area contributed by atoms with Crippen LogP contribution in [-0.2, 0) is 10.9 Å². The number of rotatable bonds is 1. The van der Waals surface area contributed by atoms with Crippen LogP contribution in [0.2, 0.25) is 0 Å². The number of amides is 1. The second-order valence-electron chi connectivity index (χ2n) is 6.30. The molecule has 23 heavy (non-hydrogen) atoms. The zero-order valence-electron chi connectivity index (χ0n) is 13.3. The minimum Gasteiger partial charge on any atom is -0.444 e. The van der Waals surface area contributed by atoms with Crippen molar-refractivity contribution in [1.29, 1.82) is 0 Å². The normalized spacial score (nSPS) is 16.1. The summed E-state index contributed by atoms with van der Waals surface area (Å²) in [6, 6.07) is 2.89. The fraction of sp³-hybridized carbons (Fsp3) is 0.500. The molecule has 0 spiro atoms. The molecule has 7 heteroatoms. The molecule has 0 fully saturated rings. The molecule has 0 saturated carbocycles. The lowest BCUT2D eigenvalue weighted by Crippen LogP contribution is -2.39. The zero-order valence-corrected chi connectivity index (χ0v) is 13.3. The molecule has 0 saturated heterocycles. The van der Waals surface area contributed by atoms with Crippen molar-refractivity contribution < 1.29 is 22.7 Å². The number of carbonyl (C=O) groups excluding carboxylic acids is 1. The third-order valence-corrected chi connectivity index (χ3v) is 3.28. The average Bonchev–Trinajstić information content (AvgIpc) is 2.45. The molecule has 1 amide bonds. The second kappa shape index (κ2) is 6.22. The van der Waals surface area contributed by atoms with E-state index >= 15 is 0 Å². The molecule has 0 bridgehead atoms. The SMILES string of the molecule is CC(C)(C)OC(=O)N1CC=C(c2cccnc2C(F)(F)F)CC1. The van der Waals surface area contributed by atoms with E-state index in [0.29, 0.717) is 18.5 Å². The van der Waals surface area contributed by atoms with Gasteiger partial charge in [-0.2, -0.15) is 13.2 Å². The number of halogens is 3. The van der Waals surface area contributed by atoms with Crippen LogP contribution in [-0.4, -0.2) is 34.7 Å². The van der Waals surface area contributed by atoms with Crippen molar-refractivity contribution in [3.05, 3.63) is 35.7 Å². The van der Waals surface area contributed by atoms with Crippen molar-refractivity contribution >= 4 is 11.7 Å². The fourth-order valence-corrected chi connectivity index (χ4v) is 2.30. The first-order valence-electron chi connectivity index (χ1n) is 7.27. The fourth-order valence-electron chi connectivity index (χ4n) is 2.30. The maximum atomic E-state index is 13.0. The summed E-state index contributed by atoms with van der Waals surface area (Å²) < 4.78 is 44.3. The molecule has 126 valence electrons. The maximum absolute atomic E-state index is 13.0. The van der Waals surface area contributed by atoms with Crippen LogP contribution in [0.1, 0.15) is 38.4 Å². The Morgan fingerprint density at radius 1 is 1.30 bits per heavy atom. The van der Waals surface area contributed by atoms with Crippen molar-refractivity contribution in [2.45, 2.75) is 39.0 Å². The van der Waals surface area contributed by atoms with Gasteiger partial charge in [0.1, 0.15) is 5.60 Å². The Kier molecular flexibility index (Phi) is 4.68. The van der Waals surface area contributed by atoms with E-state index in [-0.39, 0.29) is 12.1 Å². The molecule has 2 heterocycles. The van der Waals surface area contributed by atoms with Gasteiger partial charge < -0.3 is 9.64 Å². The first-order chi connectivity index (χ1) is 10.6. The summed E-state index contributed by atoms with van der Waals surface area (Å²) in [5.74, 6) is 0. The van der Waals surface area contributed by atoms with Crippen molar-refractivity contribution in [1.82, 2.24) is 9.88 Å². The van der Waals surface area contributed by atoms with Crippen LogP contribution in [0.25, 0.3) is 5.57 Å². The number of hydrogen-bond acceptors (Lipinski definition) is 3. The minimum atomic E-state index is -4.50. The molecule has 1 aromatic heterocycles. The maximum Gasteiger partial charge on any atom is 0.433 e. The van der Waals surface area contributed by atoms with Gasteiger partial charge >= 0.3 is 12.3 Å². The Morgan fingerprint density at radius 3 is 2.52 bits per heavy atom. The van der Waals surface area contributed by atoms with Gasteiger partial charge in [-0.1, -0.05) is 12.1 Å². The van der Waals surface area contributed by atoms with Gasteiger partial charge in [-0.05, 0) is 38.8 Å². The Labute approximate surface area is 133 Å². The van der Waals surface area contributed by atoms with E-state index < -0.39 is 23.6 Å². The number of alkyl halides is 3. The Bertz CT molecular complexity index is 618. The number of nitrogens with zero attached hydrogens (tertiary/aromatic N) is 2. The van der Waals surface area contributed by atoms with Gasteiger partial charge in [0.05, 0.1) is 0 Å². The van der Waals surface area contributed by atoms with E-state index in [1.54, 1.807) is 26.8 Å². The zero-order chi connectivity index (χ0) is 17.3. The highest BCUT2D eigenvalue weighted by atomic mass is 19.4. The first kappa shape index (κ1) is 17.3. The predicted octanol–water partition coefficient (Wildman–Crippen LogP) is 4.12. The highest BCUT2D eigenvalue weighted by molar-refractivity contribution is 5.73. The number of aromatic nitrogens is 1. The topological polar surface area (TPSA) is 42.4 Å². The summed E-state index contributed by atoms with van der Waals surface area (Å²) in [5, 5.41) is 0. The quantitative estimate of drug-likeness (QED) is 0.778. The lowest BCUT2D eigenvalue weighted by molar-refractivity contribution is -0.141. The number of ether oxygens (including phenoxy) is 1. The summed E-state index contributed by atoms with van der Waals surface area (Å²) in [5.41, 5.74) is -0.875. The lowest BCUT2D eigenvalue weighted by atomic mass is 9.98. The molecule has 1 aromatic rings. The van der Waals surface area contributed by atoms with Crippen LogP contribution in [0.5, 0.6) is 0 Å². The molecule has 0 atom stereocenters. The highest BCUT2D eigenvalue weighted by Crippen LogP contribution is 2.35. The predicted molar refractivity (Wildman–Crippen MR) is 79.6 cm³/mol. The second-order valence-corrected chi connectivity index (χ2v) is 6.30. The van der Waals surface area contributed by atoms with E-state index in [2.05, 4.69) is 4.98 Å². The van der Waals surface area contributed by atoms with E-state index in [9.17, 15) is 18.0 Å². The Balaban J connectivity index is 2.16. The summed E-state index contributed by atoms with van der Waals surface area (Å²) in [6.07, 6.45) is -1.88. The van der Waals surface area contributed by atoms with Gasteiger partial charge in [-0.15, -0.1) is 0 Å². The van der Waals surface area contributed by atoms with Crippen LogP contribution in [0.15, 0.2) is 24.4 Å². The van der Waals surface area contributed by atoms with E-state index in [4.69, 9.17) is 4.74 Å². The molecule has 1 aliphatic heterocycles. The summed E-state index contributed by atoms with van der Waals surface area (Å²) >= 11 is 0. The van der Waals surface area contributed by atoms with Crippen molar-refractivity contribution in [3.8, 4) is 0 Å². The molecule has 0 radical (unpaired) electrons. The molecule has 1 aliphatic rings. The minimum absolute atomic E-state index is 0.0730. The van der Waals surface area contributed by atoms with Gasteiger partial charge in [-0.3, -0.25) is 4.98 Å². The standard InChI is InChI=1S/C16H19F3N2O2/c1-15(2,3)23-14(22)21-9-6-11(7-10-21)12-5-4-8-20-13(12)16(17,18)19/h4-6,8H,7,9-10H2,1-3H3.